The molecule has 0 saturated carbocycles. The summed E-state index contributed by atoms with van der Waals surface area (Å²) in [7, 11) is -2.80. The Hall–Kier alpha value is -1.00. The summed E-state index contributed by atoms with van der Waals surface area (Å²) in [6.07, 6.45) is -0.579. The first-order valence-corrected chi connectivity index (χ1v) is 4.41. The van der Waals surface area contributed by atoms with E-state index in [1.807, 2.05) is 5.32 Å². The Morgan fingerprint density at radius 1 is 1.67 bits per heavy atom. The van der Waals surface area contributed by atoms with Crippen LogP contribution in [-0.4, -0.2) is 29.2 Å². The van der Waals surface area contributed by atoms with Crippen molar-refractivity contribution in [3.05, 3.63) is 0 Å². The fourth-order valence-corrected chi connectivity index (χ4v) is 1.13. The molecule has 0 aliphatic rings. The van der Waals surface area contributed by atoms with Crippen LogP contribution in [0.3, 0.4) is 0 Å². The van der Waals surface area contributed by atoms with Crippen molar-refractivity contribution in [3.8, 4) is 0 Å². The molecule has 0 saturated heterocycles. The zero-order valence-corrected chi connectivity index (χ0v) is 7.21. The number of nitrogens with one attached hydrogen (secondary N) is 1. The standard InChI is InChI=1S/C5H8NO5P/c1-3(7)6-4(5(8)9)2-12(10)11/h4H,2H2,1H3,(H,6,7)(H,8,9). The maximum Gasteiger partial charge on any atom is 0.330 e. The van der Waals surface area contributed by atoms with Gasteiger partial charge in [-0.1, -0.05) is 4.57 Å². The molecule has 2 atom stereocenters. The van der Waals surface area contributed by atoms with Crippen molar-refractivity contribution in [3.63, 3.8) is 0 Å². The lowest BCUT2D eigenvalue weighted by Gasteiger charge is -2.07. The molecular weight excluding hydrogens is 185 g/mol. The van der Waals surface area contributed by atoms with Crippen molar-refractivity contribution in [2.45, 2.75) is 13.0 Å². The smallest absolute Gasteiger partial charge is 0.330 e. The van der Waals surface area contributed by atoms with Crippen LogP contribution in [0.25, 0.3) is 0 Å². The van der Waals surface area contributed by atoms with Crippen molar-refractivity contribution in [1.82, 2.24) is 5.32 Å². The summed E-state index contributed by atoms with van der Waals surface area (Å²) >= 11 is 0. The van der Waals surface area contributed by atoms with Gasteiger partial charge in [-0.2, -0.15) is 0 Å². The van der Waals surface area contributed by atoms with Gasteiger partial charge < -0.3 is 15.3 Å². The van der Waals surface area contributed by atoms with Crippen LogP contribution in [-0.2, 0) is 14.2 Å². The van der Waals surface area contributed by atoms with Gasteiger partial charge >= 0.3 is 14.0 Å². The number of aliphatic carboxylic acids is 1. The number of hydrogen-bond donors (Lipinski definition) is 2. The summed E-state index contributed by atoms with van der Waals surface area (Å²) in [5.74, 6) is -1.93. The Bertz CT molecular complexity index is 200. The van der Waals surface area contributed by atoms with Crippen LogP contribution in [0, 0.1) is 0 Å². The lowest BCUT2D eigenvalue weighted by Crippen LogP contribution is -2.41. The quantitative estimate of drug-likeness (QED) is 0.538. The van der Waals surface area contributed by atoms with E-state index in [-0.39, 0.29) is 0 Å². The van der Waals surface area contributed by atoms with E-state index in [1.54, 1.807) is 0 Å². The largest absolute Gasteiger partial charge is 0.595 e. The topological polar surface area (TPSA) is 107 Å². The number of carbonyl (C=O) groups excluding carboxylic acids is 1. The maximum absolute atomic E-state index is 10.4. The highest BCUT2D eigenvalue weighted by Crippen LogP contribution is 2.08. The van der Waals surface area contributed by atoms with Gasteiger partial charge in [0.2, 0.25) is 5.91 Å². The summed E-state index contributed by atoms with van der Waals surface area (Å²) in [6.45, 7) is 1.12. The molecule has 2 N–H and O–H groups in total. The van der Waals surface area contributed by atoms with Crippen molar-refractivity contribution >= 4 is 19.9 Å². The Morgan fingerprint density at radius 2 is 2.17 bits per heavy atom. The minimum Gasteiger partial charge on any atom is -0.595 e. The Kier molecular flexibility index (Phi) is 4.39. The fraction of sp³-hybridized carbons (Fsp3) is 0.600. The number of carbonyl (C=O) groups is 2. The first-order valence-electron chi connectivity index (χ1n) is 3.05. The third-order valence-electron chi connectivity index (χ3n) is 1.01. The summed E-state index contributed by atoms with van der Waals surface area (Å²) in [4.78, 5) is 30.8. The fourth-order valence-electron chi connectivity index (χ4n) is 0.580. The zero-order chi connectivity index (χ0) is 9.72. The number of carboxylic acid groups (broad SMARTS) is 1. The molecule has 0 heterocycles. The first-order chi connectivity index (χ1) is 5.43. The molecule has 12 heavy (non-hydrogen) atoms. The van der Waals surface area contributed by atoms with E-state index in [0.717, 1.165) is 6.92 Å². The van der Waals surface area contributed by atoms with E-state index in [0.29, 0.717) is 0 Å². The Morgan fingerprint density at radius 3 is 2.42 bits per heavy atom. The van der Waals surface area contributed by atoms with Crippen molar-refractivity contribution in [2.24, 2.45) is 0 Å². The lowest BCUT2D eigenvalue weighted by atomic mass is 10.3. The number of carboxylic acids is 1. The molecule has 0 fully saturated rings. The molecule has 6 nitrogen and oxygen atoms in total. The molecule has 1 amide bonds. The van der Waals surface area contributed by atoms with E-state index in [4.69, 9.17) is 5.11 Å². The van der Waals surface area contributed by atoms with Gasteiger partial charge in [0, 0.05) is 6.92 Å². The Balaban J connectivity index is 4.14. The molecule has 68 valence electrons. The average Bonchev–Trinajstić information content (AvgIpc) is 1.83. The van der Waals surface area contributed by atoms with Gasteiger partial charge in [-0.05, 0) is 0 Å². The minimum atomic E-state index is -2.80. The maximum atomic E-state index is 10.4. The molecular formula is C5H8NO5P. The van der Waals surface area contributed by atoms with Gasteiger partial charge in [-0.3, -0.25) is 4.79 Å². The number of hydrogen-bond acceptors (Lipinski definition) is 4. The predicted molar refractivity (Wildman–Crippen MR) is 37.7 cm³/mol. The van der Waals surface area contributed by atoms with Crippen LogP contribution in [0.5, 0.6) is 0 Å². The number of rotatable bonds is 4. The highest BCUT2D eigenvalue weighted by atomic mass is 31.1. The van der Waals surface area contributed by atoms with Crippen LogP contribution in [0.2, 0.25) is 0 Å². The SMILES string of the molecule is CC(=O)NC(C[P+](=O)[O-])C(=O)O. The lowest BCUT2D eigenvalue weighted by molar-refractivity contribution is -0.165. The van der Waals surface area contributed by atoms with Crippen LogP contribution in [0.1, 0.15) is 6.92 Å². The van der Waals surface area contributed by atoms with Crippen molar-refractivity contribution in [2.75, 3.05) is 6.16 Å². The van der Waals surface area contributed by atoms with E-state index in [9.17, 15) is 19.0 Å². The highest BCUT2D eigenvalue weighted by molar-refractivity contribution is 7.36. The van der Waals surface area contributed by atoms with Crippen molar-refractivity contribution in [1.29, 1.82) is 0 Å². The molecule has 0 radical (unpaired) electrons. The van der Waals surface area contributed by atoms with Crippen LogP contribution < -0.4 is 10.2 Å². The van der Waals surface area contributed by atoms with Gasteiger partial charge in [0.15, 0.2) is 12.2 Å². The van der Waals surface area contributed by atoms with Gasteiger partial charge in [0.25, 0.3) is 0 Å². The Labute approximate surface area is 69.5 Å². The zero-order valence-electron chi connectivity index (χ0n) is 6.31. The molecule has 0 rings (SSSR count). The third-order valence-corrected chi connectivity index (χ3v) is 1.67. The van der Waals surface area contributed by atoms with Crippen molar-refractivity contribution < 1.29 is 24.2 Å². The molecule has 0 spiro atoms. The van der Waals surface area contributed by atoms with Crippen LogP contribution in [0.15, 0.2) is 0 Å². The normalized spacial score (nSPS) is 13.3. The monoisotopic (exact) mass is 193 g/mol. The summed E-state index contributed by atoms with van der Waals surface area (Å²) in [5.41, 5.74) is 0. The average molecular weight is 193 g/mol. The second-order valence-corrected chi connectivity index (χ2v) is 3.14. The summed E-state index contributed by atoms with van der Waals surface area (Å²) < 4.78 is 10.1. The molecule has 0 aliphatic carbocycles. The molecule has 2 unspecified atom stereocenters. The van der Waals surface area contributed by atoms with E-state index >= 15 is 0 Å². The van der Waals surface area contributed by atoms with Crippen LogP contribution >= 0.6 is 8.03 Å². The molecule has 0 aliphatic heterocycles. The van der Waals surface area contributed by atoms with E-state index in [1.165, 1.54) is 0 Å². The highest BCUT2D eigenvalue weighted by Gasteiger charge is 2.23. The molecule has 0 aromatic carbocycles. The molecule has 0 bridgehead atoms. The summed E-state index contributed by atoms with van der Waals surface area (Å²) in [6, 6.07) is -1.34. The van der Waals surface area contributed by atoms with E-state index < -0.39 is 32.1 Å². The van der Waals surface area contributed by atoms with Crippen LogP contribution in [0.4, 0.5) is 0 Å². The van der Waals surface area contributed by atoms with Gasteiger partial charge in [0.05, 0.1) is 0 Å². The van der Waals surface area contributed by atoms with Gasteiger partial charge in [0.1, 0.15) is 0 Å². The second-order valence-electron chi connectivity index (χ2n) is 2.11. The first kappa shape index (κ1) is 11.0. The molecule has 7 heteroatoms. The number of amides is 1. The van der Waals surface area contributed by atoms with E-state index in [2.05, 4.69) is 0 Å². The van der Waals surface area contributed by atoms with Gasteiger partial charge in [-0.15, -0.1) is 0 Å². The van der Waals surface area contributed by atoms with Gasteiger partial charge in [-0.25, -0.2) is 4.79 Å². The minimum absolute atomic E-state index is 0.570. The predicted octanol–water partition coefficient (Wildman–Crippen LogP) is -1.32. The molecule has 0 aromatic heterocycles. The summed E-state index contributed by atoms with van der Waals surface area (Å²) in [5, 5.41) is 10.4. The molecule has 0 aromatic rings. The third kappa shape index (κ3) is 4.76. The second kappa shape index (κ2) is 4.79.